The lowest BCUT2D eigenvalue weighted by Gasteiger charge is -2.21. The molecule has 1 fully saturated rings. The van der Waals surface area contributed by atoms with E-state index in [1.807, 2.05) is 6.20 Å². The van der Waals surface area contributed by atoms with Gasteiger partial charge in [-0.15, -0.1) is 0 Å². The number of aromatic nitrogens is 3. The van der Waals surface area contributed by atoms with E-state index in [1.165, 1.54) is 32.1 Å². The van der Waals surface area contributed by atoms with Crippen molar-refractivity contribution in [3.8, 4) is 0 Å². The molecule has 4 rings (SSSR count). The zero-order valence-corrected chi connectivity index (χ0v) is 16.1. The van der Waals surface area contributed by atoms with E-state index in [2.05, 4.69) is 10.4 Å². The van der Waals surface area contributed by atoms with Crippen LogP contribution in [0.5, 0.6) is 0 Å². The van der Waals surface area contributed by atoms with Gasteiger partial charge in [0.05, 0.1) is 5.69 Å². The van der Waals surface area contributed by atoms with Crippen LogP contribution in [0.3, 0.4) is 0 Å². The third-order valence-corrected chi connectivity index (χ3v) is 6.08. The fourth-order valence-electron chi connectivity index (χ4n) is 4.55. The van der Waals surface area contributed by atoms with Gasteiger partial charge >= 0.3 is 0 Å². The monoisotopic (exact) mass is 370 g/mol. The number of nitrogens with one attached hydrogen (secondary N) is 1. The predicted molar refractivity (Wildman–Crippen MR) is 105 cm³/mol. The van der Waals surface area contributed by atoms with Crippen molar-refractivity contribution in [2.24, 2.45) is 0 Å². The second-order valence-electron chi connectivity index (χ2n) is 8.08. The summed E-state index contributed by atoms with van der Waals surface area (Å²) >= 11 is 0. The van der Waals surface area contributed by atoms with Gasteiger partial charge in [-0.2, -0.15) is 5.10 Å². The summed E-state index contributed by atoms with van der Waals surface area (Å²) in [5.41, 5.74) is 2.86. The Hall–Kier alpha value is -2.11. The van der Waals surface area contributed by atoms with Crippen LogP contribution in [-0.2, 0) is 24.2 Å². The Kier molecular flexibility index (Phi) is 5.60. The fourth-order valence-corrected chi connectivity index (χ4v) is 4.55. The van der Waals surface area contributed by atoms with Crippen molar-refractivity contribution in [3.63, 3.8) is 0 Å². The lowest BCUT2D eigenvalue weighted by molar-refractivity contribution is -0.122. The Morgan fingerprint density at radius 3 is 2.59 bits per heavy atom. The Bertz CT molecular complexity index is 859. The van der Waals surface area contributed by atoms with E-state index in [-0.39, 0.29) is 11.5 Å². The van der Waals surface area contributed by atoms with Gasteiger partial charge < -0.3 is 9.88 Å². The van der Waals surface area contributed by atoms with Gasteiger partial charge in [0, 0.05) is 37.0 Å². The lowest BCUT2D eigenvalue weighted by atomic mass is 9.96. The molecule has 27 heavy (non-hydrogen) atoms. The van der Waals surface area contributed by atoms with Gasteiger partial charge in [-0.25, -0.2) is 4.52 Å². The first-order valence-corrected chi connectivity index (χ1v) is 10.6. The minimum Gasteiger partial charge on any atom is -0.353 e. The molecule has 0 aromatic carbocycles. The second kappa shape index (κ2) is 8.28. The fraction of sp³-hybridized carbons (Fsp3) is 0.667. The number of carbonyl (C=O) groups is 1. The SMILES string of the molecule is O=C(CCn1ccn2nc3c(c2c1=O)CCCC3)NC1CCCCCCC1. The Balaban J connectivity index is 1.42. The van der Waals surface area contributed by atoms with Gasteiger partial charge in [0.25, 0.3) is 5.56 Å². The molecule has 2 aliphatic carbocycles. The Labute approximate surface area is 160 Å². The van der Waals surface area contributed by atoms with E-state index < -0.39 is 0 Å². The summed E-state index contributed by atoms with van der Waals surface area (Å²) < 4.78 is 3.40. The molecule has 2 aromatic rings. The lowest BCUT2D eigenvalue weighted by Crippen LogP contribution is -2.36. The van der Waals surface area contributed by atoms with Crippen LogP contribution in [0.4, 0.5) is 0 Å². The summed E-state index contributed by atoms with van der Waals surface area (Å²) in [6.45, 7) is 0.424. The maximum absolute atomic E-state index is 12.9. The number of hydrogen-bond acceptors (Lipinski definition) is 3. The molecule has 6 nitrogen and oxygen atoms in total. The molecule has 2 aliphatic rings. The van der Waals surface area contributed by atoms with Crippen LogP contribution in [0.15, 0.2) is 17.2 Å². The summed E-state index contributed by atoms with van der Waals surface area (Å²) in [4.78, 5) is 25.3. The van der Waals surface area contributed by atoms with E-state index in [0.29, 0.717) is 24.5 Å². The Morgan fingerprint density at radius 2 is 1.78 bits per heavy atom. The summed E-state index contributed by atoms with van der Waals surface area (Å²) in [5.74, 6) is 0.0582. The Morgan fingerprint density at radius 1 is 1.04 bits per heavy atom. The van der Waals surface area contributed by atoms with E-state index in [1.54, 1.807) is 15.3 Å². The zero-order chi connectivity index (χ0) is 18.6. The van der Waals surface area contributed by atoms with Gasteiger partial charge in [0.1, 0.15) is 5.52 Å². The summed E-state index contributed by atoms with van der Waals surface area (Å²) in [6, 6.07) is 0.304. The van der Waals surface area contributed by atoms with Crippen molar-refractivity contribution in [1.82, 2.24) is 19.5 Å². The van der Waals surface area contributed by atoms with Crippen LogP contribution in [-0.4, -0.2) is 26.1 Å². The highest BCUT2D eigenvalue weighted by Gasteiger charge is 2.20. The molecule has 0 spiro atoms. The maximum Gasteiger partial charge on any atom is 0.276 e. The smallest absolute Gasteiger partial charge is 0.276 e. The van der Waals surface area contributed by atoms with Gasteiger partial charge in [0.15, 0.2) is 0 Å². The third kappa shape index (κ3) is 4.09. The second-order valence-corrected chi connectivity index (χ2v) is 8.08. The quantitative estimate of drug-likeness (QED) is 0.899. The van der Waals surface area contributed by atoms with Crippen LogP contribution in [0.1, 0.15) is 75.5 Å². The highest BCUT2D eigenvalue weighted by atomic mass is 16.2. The molecule has 2 aromatic heterocycles. The number of rotatable bonds is 4. The van der Waals surface area contributed by atoms with Gasteiger partial charge in [-0.05, 0) is 38.5 Å². The zero-order valence-electron chi connectivity index (χ0n) is 16.1. The first-order chi connectivity index (χ1) is 13.2. The first-order valence-electron chi connectivity index (χ1n) is 10.6. The van der Waals surface area contributed by atoms with Crippen molar-refractivity contribution in [1.29, 1.82) is 0 Å². The summed E-state index contributed by atoms with van der Waals surface area (Å²) in [5, 5.41) is 7.75. The van der Waals surface area contributed by atoms with Crippen molar-refractivity contribution >= 4 is 11.4 Å². The summed E-state index contributed by atoms with van der Waals surface area (Å²) in [7, 11) is 0. The minimum atomic E-state index is -0.0214. The molecule has 146 valence electrons. The maximum atomic E-state index is 12.9. The molecular weight excluding hydrogens is 340 g/mol. The molecule has 1 amide bonds. The highest BCUT2D eigenvalue weighted by Crippen LogP contribution is 2.22. The van der Waals surface area contributed by atoms with E-state index in [9.17, 15) is 9.59 Å². The standard InChI is InChI=1S/C21H30N4O2/c26-19(22-16-8-4-2-1-3-5-9-16)12-13-24-14-15-25-20(21(24)27)17-10-6-7-11-18(17)23-25/h14-16H,1-13H2,(H,22,26). The van der Waals surface area contributed by atoms with Gasteiger partial charge in [-0.1, -0.05) is 32.1 Å². The van der Waals surface area contributed by atoms with Crippen molar-refractivity contribution in [2.45, 2.75) is 89.6 Å². The van der Waals surface area contributed by atoms with Crippen molar-refractivity contribution < 1.29 is 4.79 Å². The van der Waals surface area contributed by atoms with Gasteiger partial charge in [0.2, 0.25) is 5.91 Å². The van der Waals surface area contributed by atoms with E-state index in [4.69, 9.17) is 0 Å². The third-order valence-electron chi connectivity index (χ3n) is 6.08. The average Bonchev–Trinajstić information content (AvgIpc) is 3.02. The molecule has 0 aliphatic heterocycles. The molecule has 1 N–H and O–H groups in total. The molecule has 0 radical (unpaired) electrons. The minimum absolute atomic E-state index is 0.0214. The average molecular weight is 370 g/mol. The molecule has 0 unspecified atom stereocenters. The number of hydrogen-bond donors (Lipinski definition) is 1. The summed E-state index contributed by atoms with van der Waals surface area (Å²) in [6.07, 6.45) is 16.6. The van der Waals surface area contributed by atoms with E-state index in [0.717, 1.165) is 49.8 Å². The topological polar surface area (TPSA) is 68.4 Å². The molecule has 2 heterocycles. The first kappa shape index (κ1) is 18.3. The van der Waals surface area contributed by atoms with Crippen LogP contribution < -0.4 is 10.9 Å². The van der Waals surface area contributed by atoms with Crippen LogP contribution >= 0.6 is 0 Å². The number of amides is 1. The molecule has 0 saturated heterocycles. The predicted octanol–water partition coefficient (Wildman–Crippen LogP) is 2.99. The number of nitrogens with zero attached hydrogens (tertiary/aromatic N) is 3. The van der Waals surface area contributed by atoms with Crippen LogP contribution in [0.25, 0.3) is 5.52 Å². The molecule has 6 heteroatoms. The van der Waals surface area contributed by atoms with Crippen LogP contribution in [0, 0.1) is 0 Å². The van der Waals surface area contributed by atoms with Gasteiger partial charge in [-0.3, -0.25) is 9.59 Å². The molecule has 0 bridgehead atoms. The largest absolute Gasteiger partial charge is 0.353 e. The molecule has 0 atom stereocenters. The number of fused-ring (bicyclic) bond motifs is 3. The number of carbonyl (C=O) groups excluding carboxylic acids is 1. The van der Waals surface area contributed by atoms with E-state index >= 15 is 0 Å². The van der Waals surface area contributed by atoms with Crippen LogP contribution in [0.2, 0.25) is 0 Å². The normalized spacial score (nSPS) is 18.7. The molecular formula is C21H30N4O2. The highest BCUT2D eigenvalue weighted by molar-refractivity contribution is 5.76. The number of aryl methyl sites for hydroxylation is 3. The van der Waals surface area contributed by atoms with Crippen molar-refractivity contribution in [2.75, 3.05) is 0 Å². The molecule has 1 saturated carbocycles. The van der Waals surface area contributed by atoms with Crippen molar-refractivity contribution in [3.05, 3.63) is 34.0 Å².